The molecule has 2 nitrogen and oxygen atoms in total. The fourth-order valence-electron chi connectivity index (χ4n) is 1.83. The fraction of sp³-hybridized carbons (Fsp3) is 0.538. The standard InChI is InChI=1S/C13H19F3N2/c1-2-9-18(10-13(14,15)16)12-5-3-11(4-6-12)7-8-17/h3-6H,2,7-10,17H2,1H3. The molecule has 0 amide bonds. The lowest BCUT2D eigenvalue weighted by atomic mass is 10.1. The molecule has 0 bridgehead atoms. The average Bonchev–Trinajstić information content (AvgIpc) is 2.28. The third-order valence-corrected chi connectivity index (χ3v) is 2.60. The maximum atomic E-state index is 12.5. The van der Waals surface area contributed by atoms with Crippen LogP contribution in [0.15, 0.2) is 24.3 Å². The molecule has 0 aliphatic carbocycles. The lowest BCUT2D eigenvalue weighted by molar-refractivity contribution is -0.119. The minimum atomic E-state index is -4.18. The number of rotatable bonds is 6. The molecule has 102 valence electrons. The Morgan fingerprint density at radius 3 is 2.22 bits per heavy atom. The van der Waals surface area contributed by atoms with Crippen molar-refractivity contribution in [1.29, 1.82) is 0 Å². The highest BCUT2D eigenvalue weighted by atomic mass is 19.4. The van der Waals surface area contributed by atoms with Gasteiger partial charge in [0.1, 0.15) is 6.54 Å². The van der Waals surface area contributed by atoms with E-state index >= 15 is 0 Å². The van der Waals surface area contributed by atoms with Crippen molar-refractivity contribution < 1.29 is 13.2 Å². The zero-order valence-electron chi connectivity index (χ0n) is 10.5. The first-order valence-corrected chi connectivity index (χ1v) is 6.07. The lowest BCUT2D eigenvalue weighted by Crippen LogP contribution is -2.34. The van der Waals surface area contributed by atoms with Gasteiger partial charge in [0.25, 0.3) is 0 Å². The maximum Gasteiger partial charge on any atom is 0.405 e. The Balaban J connectivity index is 2.78. The summed E-state index contributed by atoms with van der Waals surface area (Å²) in [5.41, 5.74) is 7.08. The van der Waals surface area contributed by atoms with Gasteiger partial charge in [-0.1, -0.05) is 19.1 Å². The third-order valence-electron chi connectivity index (χ3n) is 2.60. The molecule has 0 fully saturated rings. The Hall–Kier alpha value is -1.23. The van der Waals surface area contributed by atoms with Crippen LogP contribution in [0.25, 0.3) is 0 Å². The first-order valence-electron chi connectivity index (χ1n) is 6.07. The first-order chi connectivity index (χ1) is 8.46. The van der Waals surface area contributed by atoms with Gasteiger partial charge < -0.3 is 10.6 Å². The predicted octanol–water partition coefficient (Wildman–Crippen LogP) is 2.97. The molecular weight excluding hydrogens is 241 g/mol. The van der Waals surface area contributed by atoms with Crippen LogP contribution < -0.4 is 10.6 Å². The topological polar surface area (TPSA) is 29.3 Å². The van der Waals surface area contributed by atoms with E-state index in [1.807, 2.05) is 19.1 Å². The minimum Gasteiger partial charge on any atom is -0.363 e. The van der Waals surface area contributed by atoms with Crippen molar-refractivity contribution in [3.8, 4) is 0 Å². The molecule has 0 aromatic heterocycles. The zero-order valence-corrected chi connectivity index (χ0v) is 10.5. The number of hydrogen-bond donors (Lipinski definition) is 1. The number of nitrogens with zero attached hydrogens (tertiary/aromatic N) is 1. The number of alkyl halides is 3. The van der Waals surface area contributed by atoms with Crippen molar-refractivity contribution in [3.05, 3.63) is 29.8 Å². The van der Waals surface area contributed by atoms with Gasteiger partial charge in [-0.05, 0) is 37.1 Å². The second-order valence-electron chi connectivity index (χ2n) is 4.24. The SMILES string of the molecule is CCCN(CC(F)(F)F)c1ccc(CCN)cc1. The van der Waals surface area contributed by atoms with Gasteiger partial charge >= 0.3 is 6.18 Å². The third kappa shape index (κ3) is 4.96. The van der Waals surface area contributed by atoms with E-state index in [9.17, 15) is 13.2 Å². The van der Waals surface area contributed by atoms with Crippen molar-refractivity contribution in [3.63, 3.8) is 0 Å². The van der Waals surface area contributed by atoms with Crippen LogP contribution in [0.4, 0.5) is 18.9 Å². The fourth-order valence-corrected chi connectivity index (χ4v) is 1.83. The molecule has 18 heavy (non-hydrogen) atoms. The predicted molar refractivity (Wildman–Crippen MR) is 67.8 cm³/mol. The van der Waals surface area contributed by atoms with Crippen LogP contribution in [-0.4, -0.2) is 25.8 Å². The van der Waals surface area contributed by atoms with Gasteiger partial charge in [-0.3, -0.25) is 0 Å². The number of hydrogen-bond acceptors (Lipinski definition) is 2. The van der Waals surface area contributed by atoms with Crippen LogP contribution >= 0.6 is 0 Å². The van der Waals surface area contributed by atoms with Crippen molar-refractivity contribution in [2.75, 3.05) is 24.5 Å². The molecule has 1 aromatic carbocycles. The summed E-state index contributed by atoms with van der Waals surface area (Å²) in [7, 11) is 0. The van der Waals surface area contributed by atoms with E-state index < -0.39 is 12.7 Å². The maximum absolute atomic E-state index is 12.5. The normalized spacial score (nSPS) is 11.6. The largest absolute Gasteiger partial charge is 0.405 e. The van der Waals surface area contributed by atoms with Gasteiger partial charge in [0.2, 0.25) is 0 Å². The summed E-state index contributed by atoms with van der Waals surface area (Å²) in [5, 5.41) is 0. The van der Waals surface area contributed by atoms with Crippen LogP contribution in [0.5, 0.6) is 0 Å². The van der Waals surface area contributed by atoms with E-state index in [4.69, 9.17) is 5.73 Å². The molecule has 2 N–H and O–H groups in total. The van der Waals surface area contributed by atoms with E-state index in [0.29, 0.717) is 25.2 Å². The summed E-state index contributed by atoms with van der Waals surface area (Å²) >= 11 is 0. The number of benzene rings is 1. The minimum absolute atomic E-state index is 0.399. The molecule has 0 heterocycles. The van der Waals surface area contributed by atoms with E-state index in [-0.39, 0.29) is 0 Å². The van der Waals surface area contributed by atoms with Crippen molar-refractivity contribution in [2.45, 2.75) is 25.9 Å². The summed E-state index contributed by atoms with van der Waals surface area (Å²) in [6.45, 7) is 1.90. The van der Waals surface area contributed by atoms with Crippen LogP contribution in [0.3, 0.4) is 0 Å². The molecule has 0 saturated carbocycles. The first kappa shape index (κ1) is 14.8. The quantitative estimate of drug-likeness (QED) is 0.852. The Labute approximate surface area is 106 Å². The zero-order chi connectivity index (χ0) is 13.6. The highest BCUT2D eigenvalue weighted by molar-refractivity contribution is 5.47. The van der Waals surface area contributed by atoms with Gasteiger partial charge in [0.05, 0.1) is 0 Å². The molecule has 5 heteroatoms. The summed E-state index contributed by atoms with van der Waals surface area (Å²) in [5.74, 6) is 0. The van der Waals surface area contributed by atoms with Gasteiger partial charge in [0.15, 0.2) is 0 Å². The van der Waals surface area contributed by atoms with Crippen molar-refractivity contribution in [1.82, 2.24) is 0 Å². The molecule has 0 spiro atoms. The van der Waals surface area contributed by atoms with E-state index in [1.54, 1.807) is 12.1 Å². The van der Waals surface area contributed by atoms with Gasteiger partial charge in [-0.15, -0.1) is 0 Å². The Kier molecular flexibility index (Phi) is 5.47. The Morgan fingerprint density at radius 1 is 1.17 bits per heavy atom. The molecule has 0 atom stereocenters. The molecule has 0 radical (unpaired) electrons. The van der Waals surface area contributed by atoms with Gasteiger partial charge in [-0.25, -0.2) is 0 Å². The lowest BCUT2D eigenvalue weighted by Gasteiger charge is -2.25. The molecule has 1 rings (SSSR count). The van der Waals surface area contributed by atoms with Crippen LogP contribution in [0.1, 0.15) is 18.9 Å². The second kappa shape index (κ2) is 6.64. The van der Waals surface area contributed by atoms with E-state index in [0.717, 1.165) is 12.0 Å². The van der Waals surface area contributed by atoms with Crippen LogP contribution in [0.2, 0.25) is 0 Å². The highest BCUT2D eigenvalue weighted by Gasteiger charge is 2.30. The van der Waals surface area contributed by atoms with Crippen LogP contribution in [-0.2, 0) is 6.42 Å². The Bertz CT molecular complexity index is 346. The molecule has 1 aromatic rings. The molecule has 0 aliphatic heterocycles. The number of anilines is 1. The summed E-state index contributed by atoms with van der Waals surface area (Å²) < 4.78 is 37.4. The molecule has 0 saturated heterocycles. The summed E-state index contributed by atoms with van der Waals surface area (Å²) in [6, 6.07) is 7.13. The van der Waals surface area contributed by atoms with Crippen molar-refractivity contribution >= 4 is 5.69 Å². The highest BCUT2D eigenvalue weighted by Crippen LogP contribution is 2.22. The second-order valence-corrected chi connectivity index (χ2v) is 4.24. The van der Waals surface area contributed by atoms with E-state index in [1.165, 1.54) is 4.90 Å². The number of halogens is 3. The van der Waals surface area contributed by atoms with Crippen molar-refractivity contribution in [2.24, 2.45) is 5.73 Å². The monoisotopic (exact) mass is 260 g/mol. The molecule has 0 aliphatic rings. The average molecular weight is 260 g/mol. The summed E-state index contributed by atoms with van der Waals surface area (Å²) in [6.07, 6.45) is -2.75. The summed E-state index contributed by atoms with van der Waals surface area (Å²) in [4.78, 5) is 1.35. The van der Waals surface area contributed by atoms with Gasteiger partial charge in [0, 0.05) is 12.2 Å². The van der Waals surface area contributed by atoms with Crippen LogP contribution in [0, 0.1) is 0 Å². The molecule has 0 unspecified atom stereocenters. The number of nitrogens with two attached hydrogens (primary N) is 1. The smallest absolute Gasteiger partial charge is 0.363 e. The van der Waals surface area contributed by atoms with Gasteiger partial charge in [-0.2, -0.15) is 13.2 Å². The van der Waals surface area contributed by atoms with E-state index in [2.05, 4.69) is 0 Å². The Morgan fingerprint density at radius 2 is 1.78 bits per heavy atom. The molecular formula is C13H19F3N2.